The Morgan fingerprint density at radius 1 is 1.00 bits per heavy atom. The molecule has 2 heteroatoms. The zero-order valence-electron chi connectivity index (χ0n) is 10.9. The highest BCUT2D eigenvalue weighted by Gasteiger charge is 2.02. The zero-order chi connectivity index (χ0) is 13.1. The number of hydrogen-bond donors (Lipinski definition) is 1. The molecule has 0 unspecified atom stereocenters. The van der Waals surface area contributed by atoms with E-state index in [1.165, 1.54) is 10.9 Å². The van der Waals surface area contributed by atoms with Crippen LogP contribution in [0.3, 0.4) is 0 Å². The number of hydrogen-bond acceptors (Lipinski definition) is 1. The van der Waals surface area contributed by atoms with Crippen molar-refractivity contribution < 1.29 is 0 Å². The number of aromatic amines is 1. The molecule has 3 rings (SSSR count). The van der Waals surface area contributed by atoms with E-state index in [-0.39, 0.29) is 6.04 Å². The standard InChI is InChI=1S/C17H16N2/c1-13(14-6-3-2-4-7-14)19-12-16-9-5-8-15-10-11-18-17(15)16/h2-13,18H,1H3/t13-/m0/s1. The Morgan fingerprint density at radius 3 is 2.68 bits per heavy atom. The fraction of sp³-hybridized carbons (Fsp3) is 0.118. The molecule has 0 aliphatic carbocycles. The second-order valence-electron chi connectivity index (χ2n) is 4.65. The Labute approximate surface area is 112 Å². The van der Waals surface area contributed by atoms with Crippen LogP contribution in [0.2, 0.25) is 0 Å². The fourth-order valence-electron chi connectivity index (χ4n) is 2.23. The predicted octanol–water partition coefficient (Wildman–Crippen LogP) is 4.35. The van der Waals surface area contributed by atoms with Crippen LogP contribution in [0, 0.1) is 0 Å². The van der Waals surface area contributed by atoms with Crippen LogP contribution in [0.1, 0.15) is 24.1 Å². The number of aromatic nitrogens is 1. The van der Waals surface area contributed by atoms with E-state index >= 15 is 0 Å². The highest BCUT2D eigenvalue weighted by Crippen LogP contribution is 2.18. The molecular formula is C17H16N2. The highest BCUT2D eigenvalue weighted by molar-refractivity contribution is 5.97. The minimum atomic E-state index is 0.173. The summed E-state index contributed by atoms with van der Waals surface area (Å²) in [7, 11) is 0. The lowest BCUT2D eigenvalue weighted by atomic mass is 10.1. The largest absolute Gasteiger partial charge is 0.361 e. The van der Waals surface area contributed by atoms with Gasteiger partial charge in [-0.1, -0.05) is 48.5 Å². The maximum Gasteiger partial charge on any atom is 0.0721 e. The third-order valence-corrected chi connectivity index (χ3v) is 3.34. The molecule has 0 aliphatic rings. The Hall–Kier alpha value is -2.35. The van der Waals surface area contributed by atoms with Crippen molar-refractivity contribution in [3.8, 4) is 0 Å². The molecule has 0 spiro atoms. The zero-order valence-corrected chi connectivity index (χ0v) is 10.9. The van der Waals surface area contributed by atoms with Crippen molar-refractivity contribution in [3.63, 3.8) is 0 Å². The van der Waals surface area contributed by atoms with E-state index in [2.05, 4.69) is 53.3 Å². The lowest BCUT2D eigenvalue weighted by Gasteiger charge is -2.06. The molecule has 1 N–H and O–H groups in total. The van der Waals surface area contributed by atoms with Crippen LogP contribution in [0.5, 0.6) is 0 Å². The molecule has 0 saturated heterocycles. The van der Waals surface area contributed by atoms with E-state index < -0.39 is 0 Å². The van der Waals surface area contributed by atoms with E-state index in [4.69, 9.17) is 0 Å². The minimum Gasteiger partial charge on any atom is -0.361 e. The lowest BCUT2D eigenvalue weighted by molar-refractivity contribution is 0.825. The smallest absolute Gasteiger partial charge is 0.0721 e. The summed E-state index contributed by atoms with van der Waals surface area (Å²) in [6, 6.07) is 18.8. The van der Waals surface area contributed by atoms with E-state index in [9.17, 15) is 0 Å². The van der Waals surface area contributed by atoms with Gasteiger partial charge < -0.3 is 4.98 Å². The summed E-state index contributed by atoms with van der Waals surface area (Å²) < 4.78 is 0. The van der Waals surface area contributed by atoms with Gasteiger partial charge in [0.05, 0.1) is 11.6 Å². The maximum atomic E-state index is 4.65. The van der Waals surface area contributed by atoms with Crippen molar-refractivity contribution >= 4 is 17.1 Å². The van der Waals surface area contributed by atoms with Gasteiger partial charge in [0.15, 0.2) is 0 Å². The molecule has 2 aromatic carbocycles. The van der Waals surface area contributed by atoms with Crippen LogP contribution in [0.15, 0.2) is 65.8 Å². The maximum absolute atomic E-state index is 4.65. The first-order valence-corrected chi connectivity index (χ1v) is 6.49. The van der Waals surface area contributed by atoms with E-state index in [1.54, 1.807) is 0 Å². The SMILES string of the molecule is C[C@H](N=Cc1cccc2cc[nH]c12)c1ccccc1. The monoisotopic (exact) mass is 248 g/mol. The number of rotatable bonds is 3. The first kappa shape index (κ1) is 11.7. The molecule has 0 radical (unpaired) electrons. The molecule has 1 heterocycles. The quantitative estimate of drug-likeness (QED) is 0.668. The van der Waals surface area contributed by atoms with Crippen molar-refractivity contribution in [2.75, 3.05) is 0 Å². The molecule has 1 aromatic heterocycles. The van der Waals surface area contributed by atoms with Crippen molar-refractivity contribution in [3.05, 3.63) is 71.9 Å². The van der Waals surface area contributed by atoms with Gasteiger partial charge in [0.2, 0.25) is 0 Å². The molecule has 3 aromatic rings. The Bertz CT molecular complexity index is 695. The van der Waals surface area contributed by atoms with Gasteiger partial charge in [0, 0.05) is 23.4 Å². The van der Waals surface area contributed by atoms with Crippen LogP contribution < -0.4 is 0 Å². The predicted molar refractivity (Wildman–Crippen MR) is 80.7 cm³/mol. The molecule has 0 saturated carbocycles. The van der Waals surface area contributed by atoms with Gasteiger partial charge in [-0.2, -0.15) is 0 Å². The molecule has 0 aliphatic heterocycles. The summed E-state index contributed by atoms with van der Waals surface area (Å²) in [5.74, 6) is 0. The molecule has 0 amide bonds. The van der Waals surface area contributed by atoms with Crippen LogP contribution >= 0.6 is 0 Å². The molecule has 0 bridgehead atoms. The number of nitrogens with zero attached hydrogens (tertiary/aromatic N) is 1. The summed E-state index contributed by atoms with van der Waals surface area (Å²) in [5.41, 5.74) is 3.51. The van der Waals surface area contributed by atoms with Gasteiger partial charge in [0.1, 0.15) is 0 Å². The third-order valence-electron chi connectivity index (χ3n) is 3.34. The molecule has 94 valence electrons. The van der Waals surface area contributed by atoms with Gasteiger partial charge in [-0.15, -0.1) is 0 Å². The molecule has 2 nitrogen and oxygen atoms in total. The summed E-state index contributed by atoms with van der Waals surface area (Å²) >= 11 is 0. The summed E-state index contributed by atoms with van der Waals surface area (Å²) in [5, 5.41) is 1.22. The number of H-pyrrole nitrogens is 1. The summed E-state index contributed by atoms with van der Waals surface area (Å²) in [4.78, 5) is 7.91. The lowest BCUT2D eigenvalue weighted by Crippen LogP contribution is -1.91. The van der Waals surface area contributed by atoms with Gasteiger partial charge in [-0.05, 0) is 18.6 Å². The van der Waals surface area contributed by atoms with E-state index in [0.29, 0.717) is 0 Å². The topological polar surface area (TPSA) is 28.1 Å². The van der Waals surface area contributed by atoms with Crippen LogP contribution in [0.25, 0.3) is 10.9 Å². The van der Waals surface area contributed by atoms with Crippen LogP contribution in [-0.4, -0.2) is 11.2 Å². The minimum absolute atomic E-state index is 0.173. The summed E-state index contributed by atoms with van der Waals surface area (Å²) in [6.45, 7) is 2.11. The average molecular weight is 248 g/mol. The van der Waals surface area contributed by atoms with Gasteiger partial charge in [-0.3, -0.25) is 4.99 Å². The fourth-order valence-corrected chi connectivity index (χ4v) is 2.23. The van der Waals surface area contributed by atoms with Crippen molar-refractivity contribution in [1.82, 2.24) is 4.98 Å². The number of para-hydroxylation sites is 1. The van der Waals surface area contributed by atoms with Gasteiger partial charge in [0.25, 0.3) is 0 Å². The third kappa shape index (κ3) is 2.43. The Balaban J connectivity index is 1.89. The van der Waals surface area contributed by atoms with Crippen molar-refractivity contribution in [2.24, 2.45) is 4.99 Å². The number of nitrogens with one attached hydrogen (secondary N) is 1. The van der Waals surface area contributed by atoms with Gasteiger partial charge >= 0.3 is 0 Å². The normalized spacial score (nSPS) is 13.1. The second kappa shape index (κ2) is 5.11. The number of benzene rings is 2. The summed E-state index contributed by atoms with van der Waals surface area (Å²) in [6.07, 6.45) is 3.92. The highest BCUT2D eigenvalue weighted by atomic mass is 14.8. The second-order valence-corrected chi connectivity index (χ2v) is 4.65. The van der Waals surface area contributed by atoms with E-state index in [1.807, 2.05) is 30.6 Å². The van der Waals surface area contributed by atoms with Crippen molar-refractivity contribution in [1.29, 1.82) is 0 Å². The van der Waals surface area contributed by atoms with Gasteiger partial charge in [-0.25, -0.2) is 0 Å². The average Bonchev–Trinajstić information content (AvgIpc) is 2.94. The van der Waals surface area contributed by atoms with E-state index in [0.717, 1.165) is 11.1 Å². The Morgan fingerprint density at radius 2 is 1.84 bits per heavy atom. The number of aliphatic imine (C=N–C) groups is 1. The first-order valence-electron chi connectivity index (χ1n) is 6.49. The molecule has 0 fully saturated rings. The first-order chi connectivity index (χ1) is 9.34. The van der Waals surface area contributed by atoms with Crippen LogP contribution in [0.4, 0.5) is 0 Å². The molecular weight excluding hydrogens is 232 g/mol. The molecule has 1 atom stereocenters. The van der Waals surface area contributed by atoms with Crippen molar-refractivity contribution in [2.45, 2.75) is 13.0 Å². The molecule has 19 heavy (non-hydrogen) atoms. The number of fused-ring (bicyclic) bond motifs is 1. The van der Waals surface area contributed by atoms with Crippen LogP contribution in [-0.2, 0) is 0 Å². The Kier molecular flexibility index (Phi) is 3.15.